The average molecular weight is 570 g/mol. The minimum atomic E-state index is -3.75. The molecule has 40 heavy (non-hydrogen) atoms. The maximum atomic E-state index is 13.6. The third kappa shape index (κ3) is 5.38. The van der Waals surface area contributed by atoms with Crippen molar-refractivity contribution in [2.75, 3.05) is 39.8 Å². The second-order valence-electron chi connectivity index (χ2n) is 9.98. The standard InChI is InChI=1S/C26H35N9O4S/c1-5-7-20-23-24(31-35(20)16-22-27-17-28-33(22)4)26(36)30-25(29-23)19-15-18(8-9-21(19)39-14-6-2)40(37,38)34-12-10-32(3)11-13-34/h8-9,15,17H,5-7,10-14,16H2,1-4H3,(H,29,30,36). The highest BCUT2D eigenvalue weighted by atomic mass is 32.2. The summed E-state index contributed by atoms with van der Waals surface area (Å²) in [6.07, 6.45) is 3.69. The van der Waals surface area contributed by atoms with Crippen molar-refractivity contribution in [2.24, 2.45) is 7.05 Å². The van der Waals surface area contributed by atoms with E-state index in [2.05, 4.69) is 25.1 Å². The Morgan fingerprint density at radius 2 is 1.82 bits per heavy atom. The Balaban J connectivity index is 1.62. The molecule has 1 aromatic carbocycles. The van der Waals surface area contributed by atoms with Crippen molar-refractivity contribution in [3.8, 4) is 17.1 Å². The Kier molecular flexibility index (Phi) is 8.01. The first-order valence-electron chi connectivity index (χ1n) is 13.5. The van der Waals surface area contributed by atoms with Gasteiger partial charge in [-0.15, -0.1) is 0 Å². The molecular formula is C26H35N9O4S. The number of nitrogens with one attached hydrogen (secondary N) is 1. The number of ether oxygens (including phenoxy) is 1. The molecule has 0 amide bonds. The zero-order valence-corrected chi connectivity index (χ0v) is 24.1. The summed E-state index contributed by atoms with van der Waals surface area (Å²) < 4.78 is 38.0. The molecule has 5 rings (SSSR count). The van der Waals surface area contributed by atoms with Crippen molar-refractivity contribution < 1.29 is 13.2 Å². The van der Waals surface area contributed by atoms with Crippen molar-refractivity contribution in [1.29, 1.82) is 0 Å². The van der Waals surface area contributed by atoms with Gasteiger partial charge in [-0.2, -0.15) is 14.5 Å². The quantitative estimate of drug-likeness (QED) is 0.301. The first kappa shape index (κ1) is 27.9. The number of aromatic amines is 1. The summed E-state index contributed by atoms with van der Waals surface area (Å²) in [5, 5.41) is 8.69. The maximum absolute atomic E-state index is 13.6. The van der Waals surface area contributed by atoms with Gasteiger partial charge in [-0.25, -0.2) is 18.4 Å². The topological polar surface area (TPSA) is 144 Å². The van der Waals surface area contributed by atoms with Gasteiger partial charge in [0.25, 0.3) is 5.56 Å². The molecule has 0 bridgehead atoms. The maximum Gasteiger partial charge on any atom is 0.279 e. The molecule has 0 spiro atoms. The molecule has 3 aromatic heterocycles. The molecule has 0 unspecified atom stereocenters. The van der Waals surface area contributed by atoms with E-state index in [-0.39, 0.29) is 16.2 Å². The van der Waals surface area contributed by atoms with E-state index in [1.165, 1.54) is 10.6 Å². The van der Waals surface area contributed by atoms with Gasteiger partial charge < -0.3 is 14.6 Å². The van der Waals surface area contributed by atoms with Gasteiger partial charge in [0.15, 0.2) is 5.52 Å². The Labute approximate surface area is 232 Å². The van der Waals surface area contributed by atoms with Gasteiger partial charge in [-0.1, -0.05) is 20.3 Å². The highest BCUT2D eigenvalue weighted by Gasteiger charge is 2.29. The van der Waals surface area contributed by atoms with Crippen molar-refractivity contribution in [3.63, 3.8) is 0 Å². The van der Waals surface area contributed by atoms with E-state index >= 15 is 0 Å². The second-order valence-corrected chi connectivity index (χ2v) is 11.9. The van der Waals surface area contributed by atoms with Crippen LogP contribution in [0.1, 0.15) is 38.2 Å². The summed E-state index contributed by atoms with van der Waals surface area (Å²) in [5.41, 5.74) is 1.47. The minimum absolute atomic E-state index is 0.130. The van der Waals surface area contributed by atoms with Gasteiger partial charge in [0, 0.05) is 33.2 Å². The van der Waals surface area contributed by atoms with Gasteiger partial charge in [-0.3, -0.25) is 14.2 Å². The van der Waals surface area contributed by atoms with Crippen molar-refractivity contribution >= 4 is 21.1 Å². The van der Waals surface area contributed by atoms with Crippen LogP contribution in [0.2, 0.25) is 0 Å². The summed E-state index contributed by atoms with van der Waals surface area (Å²) in [4.78, 5) is 27.5. The Morgan fingerprint density at radius 1 is 1.05 bits per heavy atom. The molecular weight excluding hydrogens is 534 g/mol. The van der Waals surface area contributed by atoms with Crippen LogP contribution in [-0.4, -0.2) is 92.0 Å². The molecule has 1 aliphatic heterocycles. The number of piperazine rings is 1. The van der Waals surface area contributed by atoms with E-state index in [1.807, 2.05) is 20.9 Å². The number of benzene rings is 1. The predicted molar refractivity (Wildman–Crippen MR) is 150 cm³/mol. The number of hydrogen-bond donors (Lipinski definition) is 1. The molecule has 0 aliphatic carbocycles. The zero-order valence-electron chi connectivity index (χ0n) is 23.3. The summed E-state index contributed by atoms with van der Waals surface area (Å²) in [6.45, 7) is 6.94. The van der Waals surface area contributed by atoms with Crippen LogP contribution in [0.15, 0.2) is 34.2 Å². The Bertz CT molecular complexity index is 1670. The number of nitrogens with zero attached hydrogens (tertiary/aromatic N) is 8. The summed E-state index contributed by atoms with van der Waals surface area (Å²) in [7, 11) is 0.0233. The van der Waals surface area contributed by atoms with Gasteiger partial charge in [0.2, 0.25) is 10.0 Å². The van der Waals surface area contributed by atoms with Crippen LogP contribution in [0, 0.1) is 0 Å². The molecule has 4 aromatic rings. The highest BCUT2D eigenvalue weighted by molar-refractivity contribution is 7.89. The van der Waals surface area contributed by atoms with Gasteiger partial charge >= 0.3 is 0 Å². The summed E-state index contributed by atoms with van der Waals surface area (Å²) in [5.74, 6) is 1.37. The SMILES string of the molecule is CCCOc1ccc(S(=O)(=O)N2CCN(C)CC2)cc1-c1nc2c(CCC)n(Cc3ncnn3C)nc2c(=O)[nH]1. The lowest BCUT2D eigenvalue weighted by molar-refractivity contribution is 0.222. The largest absolute Gasteiger partial charge is 0.493 e. The monoisotopic (exact) mass is 569 g/mol. The van der Waals surface area contributed by atoms with Gasteiger partial charge in [0.1, 0.15) is 35.8 Å². The lowest BCUT2D eigenvalue weighted by Crippen LogP contribution is -2.47. The smallest absolute Gasteiger partial charge is 0.279 e. The van der Waals surface area contributed by atoms with E-state index in [4.69, 9.17) is 9.72 Å². The fourth-order valence-corrected chi connectivity index (χ4v) is 6.22. The average Bonchev–Trinajstić information content (AvgIpc) is 3.51. The van der Waals surface area contributed by atoms with Crippen LogP contribution in [0.3, 0.4) is 0 Å². The molecule has 1 N–H and O–H groups in total. The molecule has 0 radical (unpaired) electrons. The predicted octanol–water partition coefficient (Wildman–Crippen LogP) is 1.64. The number of sulfonamides is 1. The fourth-order valence-electron chi connectivity index (χ4n) is 4.77. The summed E-state index contributed by atoms with van der Waals surface area (Å²) in [6, 6.07) is 4.75. The Hall–Kier alpha value is -3.62. The molecule has 13 nitrogen and oxygen atoms in total. The third-order valence-corrected chi connectivity index (χ3v) is 8.95. The number of fused-ring (bicyclic) bond motifs is 1. The van der Waals surface area contributed by atoms with Crippen molar-refractivity contribution in [3.05, 3.63) is 46.4 Å². The zero-order chi connectivity index (χ0) is 28.4. The molecule has 0 saturated carbocycles. The number of hydrogen-bond acceptors (Lipinski definition) is 9. The molecule has 4 heterocycles. The molecule has 1 saturated heterocycles. The van der Waals surface area contributed by atoms with E-state index in [1.54, 1.807) is 34.6 Å². The first-order chi connectivity index (χ1) is 19.2. The van der Waals surface area contributed by atoms with E-state index < -0.39 is 15.6 Å². The molecule has 0 atom stereocenters. The summed E-state index contributed by atoms with van der Waals surface area (Å²) >= 11 is 0. The molecule has 1 fully saturated rings. The Morgan fingerprint density at radius 3 is 2.50 bits per heavy atom. The molecule has 1 aliphatic rings. The lowest BCUT2D eigenvalue weighted by atomic mass is 10.1. The van der Waals surface area contributed by atoms with E-state index in [0.29, 0.717) is 68.4 Å². The third-order valence-electron chi connectivity index (χ3n) is 7.05. The number of likely N-dealkylation sites (N-methyl/N-ethyl adjacent to an activating group) is 1. The number of rotatable bonds is 10. The second kappa shape index (κ2) is 11.5. The first-order valence-corrected chi connectivity index (χ1v) is 14.9. The van der Waals surface area contributed by atoms with Crippen LogP contribution in [0.25, 0.3) is 22.4 Å². The fraction of sp³-hybridized carbons (Fsp3) is 0.500. The minimum Gasteiger partial charge on any atom is -0.493 e. The van der Waals surface area contributed by atoms with Crippen LogP contribution in [-0.2, 0) is 30.0 Å². The van der Waals surface area contributed by atoms with Gasteiger partial charge in [0.05, 0.1) is 22.8 Å². The van der Waals surface area contributed by atoms with Crippen LogP contribution in [0.4, 0.5) is 0 Å². The number of aryl methyl sites for hydroxylation is 2. The molecule has 214 valence electrons. The number of aromatic nitrogens is 7. The van der Waals surface area contributed by atoms with Crippen molar-refractivity contribution in [2.45, 2.75) is 44.6 Å². The van der Waals surface area contributed by atoms with E-state index in [0.717, 1.165) is 18.5 Å². The van der Waals surface area contributed by atoms with Crippen LogP contribution < -0.4 is 10.3 Å². The highest BCUT2D eigenvalue weighted by Crippen LogP contribution is 2.32. The van der Waals surface area contributed by atoms with Crippen LogP contribution >= 0.6 is 0 Å². The lowest BCUT2D eigenvalue weighted by Gasteiger charge is -2.31. The van der Waals surface area contributed by atoms with Crippen LogP contribution in [0.5, 0.6) is 5.75 Å². The van der Waals surface area contributed by atoms with E-state index in [9.17, 15) is 13.2 Å². The molecule has 14 heteroatoms. The van der Waals surface area contributed by atoms with Crippen molar-refractivity contribution in [1.82, 2.24) is 43.7 Å². The number of H-pyrrole nitrogens is 1. The normalized spacial score (nSPS) is 15.2. The van der Waals surface area contributed by atoms with Gasteiger partial charge in [-0.05, 0) is 38.1 Å².